The summed E-state index contributed by atoms with van der Waals surface area (Å²) in [6, 6.07) is 10.4. The second-order valence-corrected chi connectivity index (χ2v) is 5.48. The minimum atomic E-state index is -1.18. The molecular formula is C17H17NO5. The van der Waals surface area contributed by atoms with E-state index >= 15 is 0 Å². The first-order valence-electron chi connectivity index (χ1n) is 7.35. The lowest BCUT2D eigenvalue weighted by Crippen LogP contribution is -2.32. The Labute approximate surface area is 133 Å². The standard InChI is InChI=1S/C17H17NO5/c1-22-13-6-2-11(3-7-13)10-18(12-4-5-12)16(19)14-8-9-15(23-14)17(20)21/h2-3,6-9,12H,4-5,10H2,1H3,(H,20,21). The average molecular weight is 315 g/mol. The minimum Gasteiger partial charge on any atom is -0.497 e. The lowest BCUT2D eigenvalue weighted by atomic mass is 10.2. The number of ether oxygens (including phenoxy) is 1. The van der Waals surface area contributed by atoms with E-state index < -0.39 is 5.97 Å². The molecule has 1 aliphatic rings. The third-order valence-electron chi connectivity index (χ3n) is 3.79. The fraction of sp³-hybridized carbons (Fsp3) is 0.294. The molecule has 120 valence electrons. The molecule has 0 aliphatic heterocycles. The smallest absolute Gasteiger partial charge is 0.371 e. The van der Waals surface area contributed by atoms with Crippen LogP contribution in [0.2, 0.25) is 0 Å². The number of carbonyl (C=O) groups is 2. The summed E-state index contributed by atoms with van der Waals surface area (Å²) in [6.07, 6.45) is 1.91. The van der Waals surface area contributed by atoms with Crippen molar-refractivity contribution >= 4 is 11.9 Å². The van der Waals surface area contributed by atoms with E-state index in [4.69, 9.17) is 14.3 Å². The zero-order valence-corrected chi connectivity index (χ0v) is 12.7. The Hall–Kier alpha value is -2.76. The molecule has 2 aromatic rings. The van der Waals surface area contributed by atoms with Gasteiger partial charge in [-0.15, -0.1) is 0 Å². The molecule has 23 heavy (non-hydrogen) atoms. The first-order chi connectivity index (χ1) is 11.1. The van der Waals surface area contributed by atoms with Gasteiger partial charge < -0.3 is 19.2 Å². The number of rotatable bonds is 6. The third kappa shape index (κ3) is 3.36. The van der Waals surface area contributed by atoms with Gasteiger partial charge in [0.15, 0.2) is 5.76 Å². The van der Waals surface area contributed by atoms with Crippen molar-refractivity contribution in [2.24, 2.45) is 0 Å². The Bertz CT molecular complexity index is 715. The number of benzene rings is 1. The van der Waals surface area contributed by atoms with Gasteiger partial charge in [-0.2, -0.15) is 0 Å². The van der Waals surface area contributed by atoms with Crippen LogP contribution in [0, 0.1) is 0 Å². The summed E-state index contributed by atoms with van der Waals surface area (Å²) in [4.78, 5) is 25.2. The molecule has 3 rings (SSSR count). The molecule has 0 unspecified atom stereocenters. The molecule has 1 fully saturated rings. The van der Waals surface area contributed by atoms with Gasteiger partial charge in [-0.3, -0.25) is 4.79 Å². The predicted molar refractivity (Wildman–Crippen MR) is 81.6 cm³/mol. The molecule has 1 aromatic heterocycles. The Kier molecular flexibility index (Phi) is 4.06. The van der Waals surface area contributed by atoms with Gasteiger partial charge in [0, 0.05) is 12.6 Å². The van der Waals surface area contributed by atoms with Crippen LogP contribution in [0.1, 0.15) is 39.5 Å². The highest BCUT2D eigenvalue weighted by Crippen LogP contribution is 2.30. The maximum absolute atomic E-state index is 12.6. The van der Waals surface area contributed by atoms with Gasteiger partial charge in [-0.05, 0) is 42.7 Å². The number of amides is 1. The molecule has 0 radical (unpaired) electrons. The molecule has 0 atom stereocenters. The summed E-state index contributed by atoms with van der Waals surface area (Å²) in [5.74, 6) is -0.875. The lowest BCUT2D eigenvalue weighted by molar-refractivity contribution is 0.0644. The van der Waals surface area contributed by atoms with Gasteiger partial charge in [0.2, 0.25) is 5.76 Å². The van der Waals surface area contributed by atoms with Crippen LogP contribution >= 0.6 is 0 Å². The second-order valence-electron chi connectivity index (χ2n) is 5.48. The number of furan rings is 1. The third-order valence-corrected chi connectivity index (χ3v) is 3.79. The molecule has 0 saturated heterocycles. The van der Waals surface area contributed by atoms with E-state index in [1.54, 1.807) is 12.0 Å². The van der Waals surface area contributed by atoms with Crippen molar-refractivity contribution in [2.45, 2.75) is 25.4 Å². The lowest BCUT2D eigenvalue weighted by Gasteiger charge is -2.21. The van der Waals surface area contributed by atoms with Crippen molar-refractivity contribution in [1.82, 2.24) is 4.90 Å². The monoisotopic (exact) mass is 315 g/mol. The van der Waals surface area contributed by atoms with Crippen molar-refractivity contribution < 1.29 is 23.8 Å². The number of carboxylic acid groups (broad SMARTS) is 1. The van der Waals surface area contributed by atoms with Gasteiger partial charge in [0.25, 0.3) is 5.91 Å². The van der Waals surface area contributed by atoms with Gasteiger partial charge in [0.1, 0.15) is 5.75 Å². The van der Waals surface area contributed by atoms with Crippen LogP contribution < -0.4 is 4.74 Å². The zero-order chi connectivity index (χ0) is 16.4. The van der Waals surface area contributed by atoms with Gasteiger partial charge >= 0.3 is 5.97 Å². The highest BCUT2D eigenvalue weighted by atomic mass is 16.5. The van der Waals surface area contributed by atoms with Crippen molar-refractivity contribution in [3.05, 3.63) is 53.5 Å². The van der Waals surface area contributed by atoms with Crippen molar-refractivity contribution in [3.8, 4) is 5.75 Å². The Morgan fingerprint density at radius 1 is 1.17 bits per heavy atom. The number of carboxylic acids is 1. The topological polar surface area (TPSA) is 80.0 Å². The molecule has 1 aromatic carbocycles. The predicted octanol–water partition coefficient (Wildman–Crippen LogP) is 2.79. The SMILES string of the molecule is COc1ccc(CN(C(=O)c2ccc(C(=O)O)o2)C2CC2)cc1. The van der Waals surface area contributed by atoms with E-state index in [0.29, 0.717) is 6.54 Å². The van der Waals surface area contributed by atoms with Crippen molar-refractivity contribution in [1.29, 1.82) is 0 Å². The van der Waals surface area contributed by atoms with Gasteiger partial charge in [-0.25, -0.2) is 4.79 Å². The minimum absolute atomic E-state index is 0.0582. The quantitative estimate of drug-likeness (QED) is 0.886. The van der Waals surface area contributed by atoms with Crippen LogP contribution in [-0.2, 0) is 6.54 Å². The van der Waals surface area contributed by atoms with Crippen molar-refractivity contribution in [3.63, 3.8) is 0 Å². The highest BCUT2D eigenvalue weighted by Gasteiger charge is 2.34. The summed E-state index contributed by atoms with van der Waals surface area (Å²) >= 11 is 0. The largest absolute Gasteiger partial charge is 0.497 e. The van der Waals surface area contributed by atoms with Crippen LogP contribution in [0.3, 0.4) is 0 Å². The maximum atomic E-state index is 12.6. The molecule has 0 spiro atoms. The summed E-state index contributed by atoms with van der Waals surface area (Å²) in [6.45, 7) is 0.455. The fourth-order valence-corrected chi connectivity index (χ4v) is 2.39. The van der Waals surface area contributed by atoms with Crippen LogP contribution in [0.15, 0.2) is 40.8 Å². The summed E-state index contributed by atoms with van der Waals surface area (Å²) < 4.78 is 10.3. The first kappa shape index (κ1) is 15.1. The Morgan fingerprint density at radius 2 is 1.83 bits per heavy atom. The first-order valence-corrected chi connectivity index (χ1v) is 7.35. The molecule has 6 nitrogen and oxygen atoms in total. The van der Waals surface area contributed by atoms with Crippen LogP contribution in [0.25, 0.3) is 0 Å². The summed E-state index contributed by atoms with van der Waals surface area (Å²) in [5.41, 5.74) is 0.982. The van der Waals surface area contributed by atoms with E-state index in [1.807, 2.05) is 24.3 Å². The molecule has 1 amide bonds. The number of hydrogen-bond acceptors (Lipinski definition) is 4. The highest BCUT2D eigenvalue weighted by molar-refractivity contribution is 5.93. The molecule has 1 N–H and O–H groups in total. The molecule has 6 heteroatoms. The summed E-state index contributed by atoms with van der Waals surface area (Å²) in [5, 5.41) is 8.89. The summed E-state index contributed by atoms with van der Waals surface area (Å²) in [7, 11) is 1.60. The van der Waals surface area contributed by atoms with Crippen molar-refractivity contribution in [2.75, 3.05) is 7.11 Å². The van der Waals surface area contributed by atoms with Gasteiger partial charge in [0.05, 0.1) is 7.11 Å². The Morgan fingerprint density at radius 3 is 2.35 bits per heavy atom. The van der Waals surface area contributed by atoms with Gasteiger partial charge in [-0.1, -0.05) is 12.1 Å². The van der Waals surface area contributed by atoms with E-state index in [0.717, 1.165) is 24.2 Å². The maximum Gasteiger partial charge on any atom is 0.371 e. The van der Waals surface area contributed by atoms with Crippen LogP contribution in [0.5, 0.6) is 5.75 Å². The average Bonchev–Trinajstić information content (AvgIpc) is 3.27. The molecule has 0 bridgehead atoms. The molecule has 1 heterocycles. The van der Waals surface area contributed by atoms with Crippen LogP contribution in [0.4, 0.5) is 0 Å². The second kappa shape index (κ2) is 6.16. The van der Waals surface area contributed by atoms with E-state index in [-0.39, 0.29) is 23.5 Å². The Balaban J connectivity index is 1.77. The number of hydrogen-bond donors (Lipinski definition) is 1. The fourth-order valence-electron chi connectivity index (χ4n) is 2.39. The van der Waals surface area contributed by atoms with E-state index in [1.165, 1.54) is 12.1 Å². The van der Waals surface area contributed by atoms with E-state index in [9.17, 15) is 9.59 Å². The number of carbonyl (C=O) groups excluding carboxylic acids is 1. The zero-order valence-electron chi connectivity index (χ0n) is 12.7. The molecule has 1 aliphatic carbocycles. The van der Waals surface area contributed by atoms with Crippen LogP contribution in [-0.4, -0.2) is 35.0 Å². The molecule has 1 saturated carbocycles. The molecular weight excluding hydrogens is 298 g/mol. The number of nitrogens with zero attached hydrogens (tertiary/aromatic N) is 1. The normalized spacial score (nSPS) is 13.6. The number of aromatic carboxylic acids is 1. The number of methoxy groups -OCH3 is 1. The van der Waals surface area contributed by atoms with E-state index in [2.05, 4.69) is 0 Å².